The van der Waals surface area contributed by atoms with Crippen LogP contribution in [-0.2, 0) is 6.42 Å². The Bertz CT molecular complexity index is 435. The first-order valence-corrected chi connectivity index (χ1v) is 8.03. The molecule has 0 unspecified atom stereocenters. The molecule has 0 spiro atoms. The van der Waals surface area contributed by atoms with Crippen molar-refractivity contribution in [1.29, 1.82) is 0 Å². The second kappa shape index (κ2) is 7.57. The molecule has 2 N–H and O–H groups in total. The van der Waals surface area contributed by atoms with Gasteiger partial charge in [-0.05, 0) is 40.4 Å². The summed E-state index contributed by atoms with van der Waals surface area (Å²) in [7, 11) is 1.79. The van der Waals surface area contributed by atoms with Crippen LogP contribution in [0.4, 0.5) is 0 Å². The molecule has 0 aliphatic heterocycles. The lowest BCUT2D eigenvalue weighted by Crippen LogP contribution is -2.43. The van der Waals surface area contributed by atoms with Crippen LogP contribution in [0.1, 0.15) is 30.9 Å². The molecule has 0 radical (unpaired) electrons. The van der Waals surface area contributed by atoms with Crippen LogP contribution in [0.5, 0.6) is 0 Å². The Morgan fingerprint density at radius 1 is 1.35 bits per heavy atom. The van der Waals surface area contributed by atoms with Gasteiger partial charge in [0.15, 0.2) is 5.96 Å². The summed E-state index contributed by atoms with van der Waals surface area (Å²) in [4.78, 5) is 4.24. The summed E-state index contributed by atoms with van der Waals surface area (Å²) in [6, 6.07) is 0. The van der Waals surface area contributed by atoms with E-state index in [4.69, 9.17) is 4.52 Å². The molecule has 1 rings (SSSR count). The van der Waals surface area contributed by atoms with Gasteiger partial charge in [0.05, 0.1) is 5.69 Å². The van der Waals surface area contributed by atoms with E-state index in [2.05, 4.69) is 40.9 Å². The largest absolute Gasteiger partial charge is 0.361 e. The topological polar surface area (TPSA) is 62.5 Å². The van der Waals surface area contributed by atoms with E-state index >= 15 is 0 Å². The zero-order chi connectivity index (χ0) is 15.2. The van der Waals surface area contributed by atoms with Crippen LogP contribution < -0.4 is 10.6 Å². The van der Waals surface area contributed by atoms with Crippen molar-refractivity contribution >= 4 is 17.7 Å². The highest BCUT2D eigenvalue weighted by Gasteiger charge is 2.16. The molecule has 1 aromatic heterocycles. The van der Waals surface area contributed by atoms with E-state index < -0.39 is 0 Å². The molecular formula is C14H26N4OS. The Morgan fingerprint density at radius 3 is 2.55 bits per heavy atom. The van der Waals surface area contributed by atoms with Gasteiger partial charge < -0.3 is 15.2 Å². The smallest absolute Gasteiger partial charge is 0.191 e. The van der Waals surface area contributed by atoms with Crippen molar-refractivity contribution in [2.45, 2.75) is 38.9 Å². The number of aromatic nitrogens is 1. The third-order valence-corrected chi connectivity index (χ3v) is 4.56. The van der Waals surface area contributed by atoms with E-state index in [-0.39, 0.29) is 4.75 Å². The normalized spacial score (nSPS) is 12.6. The van der Waals surface area contributed by atoms with Crippen molar-refractivity contribution in [2.75, 3.05) is 26.4 Å². The van der Waals surface area contributed by atoms with E-state index in [1.807, 2.05) is 25.6 Å². The first-order valence-electron chi connectivity index (χ1n) is 6.81. The van der Waals surface area contributed by atoms with Crippen LogP contribution in [0.25, 0.3) is 0 Å². The Balaban J connectivity index is 2.40. The fraction of sp³-hybridized carbons (Fsp3) is 0.714. The quantitative estimate of drug-likeness (QED) is 0.622. The number of nitrogens with zero attached hydrogens (tertiary/aromatic N) is 2. The number of rotatable bonds is 6. The van der Waals surface area contributed by atoms with Crippen molar-refractivity contribution in [1.82, 2.24) is 15.8 Å². The number of nitrogens with one attached hydrogen (secondary N) is 2. The Morgan fingerprint density at radius 2 is 2.05 bits per heavy atom. The molecule has 5 nitrogen and oxygen atoms in total. The number of thioether (sulfide) groups is 1. The van der Waals surface area contributed by atoms with E-state index in [0.717, 1.165) is 36.9 Å². The minimum absolute atomic E-state index is 0.194. The van der Waals surface area contributed by atoms with Crippen molar-refractivity contribution in [3.05, 3.63) is 17.0 Å². The lowest BCUT2D eigenvalue weighted by Gasteiger charge is -2.23. The minimum Gasteiger partial charge on any atom is -0.361 e. The molecule has 1 aromatic rings. The standard InChI is InChI=1S/C14H26N4OS/c1-10-12(11(2)19-18-10)7-8-16-13(15-5)17-9-14(3,4)20-6/h7-9H2,1-6H3,(H2,15,16,17). The first kappa shape index (κ1) is 16.9. The van der Waals surface area contributed by atoms with Crippen LogP contribution in [0.3, 0.4) is 0 Å². The van der Waals surface area contributed by atoms with E-state index in [1.54, 1.807) is 7.05 Å². The maximum absolute atomic E-state index is 5.16. The summed E-state index contributed by atoms with van der Waals surface area (Å²) in [6.45, 7) is 10.0. The van der Waals surface area contributed by atoms with Crippen molar-refractivity contribution in [3.63, 3.8) is 0 Å². The number of aliphatic imine (C=N–C) groups is 1. The van der Waals surface area contributed by atoms with Crippen LogP contribution in [-0.4, -0.2) is 42.3 Å². The average molecular weight is 298 g/mol. The highest BCUT2D eigenvalue weighted by atomic mass is 32.2. The van der Waals surface area contributed by atoms with Crippen molar-refractivity contribution in [3.8, 4) is 0 Å². The molecule has 0 aliphatic carbocycles. The van der Waals surface area contributed by atoms with Gasteiger partial charge in [-0.1, -0.05) is 5.16 Å². The van der Waals surface area contributed by atoms with Crippen molar-refractivity contribution < 1.29 is 4.52 Å². The zero-order valence-electron chi connectivity index (χ0n) is 13.3. The second-order valence-corrected chi connectivity index (χ2v) is 6.88. The molecule has 0 saturated carbocycles. The fourth-order valence-corrected chi connectivity index (χ4v) is 1.97. The first-order chi connectivity index (χ1) is 9.39. The van der Waals surface area contributed by atoms with Gasteiger partial charge in [-0.3, -0.25) is 4.99 Å². The predicted octanol–water partition coefficient (Wildman–Crippen LogP) is 2.14. The van der Waals surface area contributed by atoms with Gasteiger partial charge in [0.2, 0.25) is 0 Å². The monoisotopic (exact) mass is 298 g/mol. The van der Waals surface area contributed by atoms with Crippen molar-refractivity contribution in [2.24, 2.45) is 4.99 Å². The summed E-state index contributed by atoms with van der Waals surface area (Å²) in [6.07, 6.45) is 3.00. The van der Waals surface area contributed by atoms with Gasteiger partial charge in [-0.15, -0.1) is 0 Å². The maximum Gasteiger partial charge on any atom is 0.191 e. The van der Waals surface area contributed by atoms with Gasteiger partial charge >= 0.3 is 0 Å². The third kappa shape index (κ3) is 5.07. The van der Waals surface area contributed by atoms with Crippen LogP contribution in [0.2, 0.25) is 0 Å². The molecule has 0 amide bonds. The van der Waals surface area contributed by atoms with Crippen LogP contribution in [0.15, 0.2) is 9.52 Å². The zero-order valence-corrected chi connectivity index (χ0v) is 14.1. The highest BCUT2D eigenvalue weighted by molar-refractivity contribution is 7.99. The van der Waals surface area contributed by atoms with E-state index in [1.165, 1.54) is 5.56 Å². The third-order valence-electron chi connectivity index (χ3n) is 3.31. The van der Waals surface area contributed by atoms with E-state index in [9.17, 15) is 0 Å². The molecule has 0 aliphatic rings. The Labute approximate surface area is 126 Å². The number of aryl methyl sites for hydroxylation is 2. The molecule has 6 heteroatoms. The summed E-state index contributed by atoms with van der Waals surface area (Å²) in [5, 5.41) is 10.6. The summed E-state index contributed by atoms with van der Waals surface area (Å²) in [5.41, 5.74) is 2.15. The van der Waals surface area contributed by atoms with Gasteiger partial charge in [-0.25, -0.2) is 0 Å². The van der Waals surface area contributed by atoms with Gasteiger partial charge in [0, 0.05) is 30.4 Å². The summed E-state index contributed by atoms with van der Waals surface area (Å²) < 4.78 is 5.35. The van der Waals surface area contributed by atoms with Gasteiger partial charge in [0.1, 0.15) is 5.76 Å². The molecule has 0 saturated heterocycles. The molecule has 114 valence electrons. The summed E-state index contributed by atoms with van der Waals surface area (Å²) in [5.74, 6) is 1.73. The molecule has 0 bridgehead atoms. The maximum atomic E-state index is 5.16. The molecule has 0 atom stereocenters. The molecular weight excluding hydrogens is 272 g/mol. The SMILES string of the molecule is CN=C(NCCc1c(C)noc1C)NCC(C)(C)SC. The predicted molar refractivity (Wildman–Crippen MR) is 86.6 cm³/mol. The number of hydrogen-bond donors (Lipinski definition) is 2. The molecule has 20 heavy (non-hydrogen) atoms. The number of guanidine groups is 1. The van der Waals surface area contributed by atoms with Gasteiger partial charge in [-0.2, -0.15) is 11.8 Å². The van der Waals surface area contributed by atoms with Gasteiger partial charge in [0.25, 0.3) is 0 Å². The van der Waals surface area contributed by atoms with Crippen LogP contribution >= 0.6 is 11.8 Å². The number of hydrogen-bond acceptors (Lipinski definition) is 4. The fourth-order valence-electron chi connectivity index (χ4n) is 1.75. The molecule has 1 heterocycles. The Kier molecular flexibility index (Phi) is 6.39. The lowest BCUT2D eigenvalue weighted by atomic mass is 10.1. The van der Waals surface area contributed by atoms with Crippen LogP contribution in [0, 0.1) is 13.8 Å². The minimum atomic E-state index is 0.194. The lowest BCUT2D eigenvalue weighted by molar-refractivity contribution is 0.392. The molecule has 0 fully saturated rings. The van der Waals surface area contributed by atoms with E-state index in [0.29, 0.717) is 0 Å². The molecule has 0 aromatic carbocycles. The second-order valence-electron chi connectivity index (χ2n) is 5.37. The average Bonchev–Trinajstić information content (AvgIpc) is 2.74. The Hall–Kier alpha value is -1.17. The highest BCUT2D eigenvalue weighted by Crippen LogP contribution is 2.19. The summed E-state index contributed by atoms with van der Waals surface area (Å²) >= 11 is 1.84.